The first-order valence-corrected chi connectivity index (χ1v) is 12.5. The quantitative estimate of drug-likeness (QED) is 0.560. The van der Waals surface area contributed by atoms with Crippen LogP contribution in [-0.2, 0) is 16.0 Å². The Hall–Kier alpha value is -3.20. The second kappa shape index (κ2) is 11.5. The maximum atomic E-state index is 12.6. The molecule has 9 heteroatoms. The predicted octanol–water partition coefficient (Wildman–Crippen LogP) is 2.86. The lowest BCUT2D eigenvalue weighted by atomic mass is 9.95. The van der Waals surface area contributed by atoms with Crippen molar-refractivity contribution in [2.24, 2.45) is 0 Å². The molecule has 1 aromatic carbocycles. The largest absolute Gasteiger partial charge is 0.378 e. The zero-order chi connectivity index (χ0) is 24.8. The van der Waals surface area contributed by atoms with Gasteiger partial charge in [-0.05, 0) is 56.9 Å². The maximum absolute atomic E-state index is 12.6. The predicted molar refractivity (Wildman–Crippen MR) is 135 cm³/mol. The summed E-state index contributed by atoms with van der Waals surface area (Å²) in [4.78, 5) is 47.3. The first-order chi connectivity index (χ1) is 16.9. The molecule has 0 spiro atoms. The highest BCUT2D eigenvalue weighted by Crippen LogP contribution is 2.20. The first-order valence-electron chi connectivity index (χ1n) is 12.5. The number of rotatable bonds is 7. The average molecular weight is 482 g/mol. The number of carbonyl (C=O) groups excluding carboxylic acids is 2. The molecule has 2 amide bonds. The number of benzene rings is 1. The van der Waals surface area contributed by atoms with Crippen LogP contribution in [0.25, 0.3) is 0 Å². The van der Waals surface area contributed by atoms with Crippen LogP contribution in [0.1, 0.15) is 65.7 Å². The maximum Gasteiger partial charge on any atom is 0.255 e. The number of aromatic nitrogens is 2. The van der Waals surface area contributed by atoms with Gasteiger partial charge < -0.3 is 20.3 Å². The number of morpholine rings is 1. The zero-order valence-electron chi connectivity index (χ0n) is 20.6. The topological polar surface area (TPSA) is 116 Å². The van der Waals surface area contributed by atoms with Gasteiger partial charge in [-0.15, -0.1) is 0 Å². The SMILES string of the molecule is Cc1cc(C(=O)NC2CCCCC2)ccc1NC(=O)CCc1c(C)nc(N2CCOCC2)[nH]c1=O. The molecule has 2 aromatic rings. The molecule has 0 atom stereocenters. The van der Waals surface area contributed by atoms with E-state index in [1.165, 1.54) is 6.42 Å². The second-order valence-corrected chi connectivity index (χ2v) is 9.44. The molecule has 2 aliphatic rings. The Morgan fingerprint density at radius 1 is 1.14 bits per heavy atom. The minimum Gasteiger partial charge on any atom is -0.378 e. The second-order valence-electron chi connectivity index (χ2n) is 9.44. The monoisotopic (exact) mass is 481 g/mol. The van der Waals surface area contributed by atoms with Crippen molar-refractivity contribution < 1.29 is 14.3 Å². The number of H-pyrrole nitrogens is 1. The van der Waals surface area contributed by atoms with Crippen molar-refractivity contribution >= 4 is 23.5 Å². The number of ether oxygens (including phenoxy) is 1. The smallest absolute Gasteiger partial charge is 0.255 e. The summed E-state index contributed by atoms with van der Waals surface area (Å²) in [5.74, 6) is 0.288. The van der Waals surface area contributed by atoms with Gasteiger partial charge >= 0.3 is 0 Å². The van der Waals surface area contributed by atoms with E-state index in [1.807, 2.05) is 11.8 Å². The van der Waals surface area contributed by atoms with Crippen LogP contribution in [0.5, 0.6) is 0 Å². The van der Waals surface area contributed by atoms with E-state index in [-0.39, 0.29) is 29.8 Å². The van der Waals surface area contributed by atoms with E-state index < -0.39 is 0 Å². The first kappa shape index (κ1) is 24.9. The van der Waals surface area contributed by atoms with Crippen LogP contribution in [0, 0.1) is 13.8 Å². The van der Waals surface area contributed by atoms with Gasteiger partial charge in [0.25, 0.3) is 11.5 Å². The summed E-state index contributed by atoms with van der Waals surface area (Å²) in [6.07, 6.45) is 6.09. The standard InChI is InChI=1S/C26H35N5O4/c1-17-16-19(24(33)28-20-6-4-3-5-7-20)8-10-22(17)29-23(32)11-9-21-18(2)27-26(30-25(21)34)31-12-14-35-15-13-31/h8,10,16,20H,3-7,9,11-15H2,1-2H3,(H,28,33)(H,29,32)(H,27,30,34). The molecule has 0 bridgehead atoms. The minimum absolute atomic E-state index is 0.0689. The van der Waals surface area contributed by atoms with Crippen molar-refractivity contribution in [1.82, 2.24) is 15.3 Å². The summed E-state index contributed by atoms with van der Waals surface area (Å²) in [6, 6.07) is 5.56. The van der Waals surface area contributed by atoms with Crippen molar-refractivity contribution in [2.75, 3.05) is 36.5 Å². The third kappa shape index (κ3) is 6.48. The highest BCUT2D eigenvalue weighted by molar-refractivity contribution is 5.96. The van der Waals surface area contributed by atoms with E-state index in [4.69, 9.17) is 4.74 Å². The lowest BCUT2D eigenvalue weighted by molar-refractivity contribution is -0.116. The lowest BCUT2D eigenvalue weighted by Crippen LogP contribution is -2.38. The number of aryl methyl sites for hydroxylation is 2. The van der Waals surface area contributed by atoms with Gasteiger partial charge in [-0.2, -0.15) is 0 Å². The molecular formula is C26H35N5O4. The number of carbonyl (C=O) groups is 2. The molecule has 35 heavy (non-hydrogen) atoms. The van der Waals surface area contributed by atoms with Gasteiger partial charge in [0.2, 0.25) is 11.9 Å². The molecule has 1 saturated heterocycles. The molecule has 2 heterocycles. The van der Waals surface area contributed by atoms with E-state index in [0.29, 0.717) is 61.2 Å². The molecule has 3 N–H and O–H groups in total. The van der Waals surface area contributed by atoms with E-state index in [1.54, 1.807) is 25.1 Å². The molecule has 188 valence electrons. The zero-order valence-corrected chi connectivity index (χ0v) is 20.6. The van der Waals surface area contributed by atoms with Crippen LogP contribution in [0.15, 0.2) is 23.0 Å². The fraction of sp³-hybridized carbons (Fsp3) is 0.538. The molecule has 1 saturated carbocycles. The van der Waals surface area contributed by atoms with Crippen LogP contribution in [-0.4, -0.2) is 54.1 Å². The number of nitrogens with one attached hydrogen (secondary N) is 3. The Morgan fingerprint density at radius 3 is 2.57 bits per heavy atom. The van der Waals surface area contributed by atoms with E-state index in [0.717, 1.165) is 31.2 Å². The van der Waals surface area contributed by atoms with Crippen molar-refractivity contribution in [3.05, 3.63) is 50.9 Å². The molecule has 1 aliphatic carbocycles. The van der Waals surface area contributed by atoms with Crippen molar-refractivity contribution in [3.63, 3.8) is 0 Å². The van der Waals surface area contributed by atoms with Crippen LogP contribution in [0.2, 0.25) is 0 Å². The number of hydrogen-bond acceptors (Lipinski definition) is 6. The van der Waals surface area contributed by atoms with E-state index in [9.17, 15) is 14.4 Å². The van der Waals surface area contributed by atoms with Gasteiger partial charge in [-0.3, -0.25) is 19.4 Å². The summed E-state index contributed by atoms with van der Waals surface area (Å²) >= 11 is 0. The summed E-state index contributed by atoms with van der Waals surface area (Å²) in [5.41, 5.74) is 3.02. The summed E-state index contributed by atoms with van der Waals surface area (Å²) in [6.45, 7) is 6.26. The number of aromatic amines is 1. The van der Waals surface area contributed by atoms with E-state index >= 15 is 0 Å². The van der Waals surface area contributed by atoms with Gasteiger partial charge in [0.15, 0.2) is 0 Å². The Labute approximate surface area is 205 Å². The third-order valence-electron chi connectivity index (χ3n) is 6.83. The number of amides is 2. The van der Waals surface area contributed by atoms with Gasteiger partial charge in [-0.25, -0.2) is 4.98 Å². The van der Waals surface area contributed by atoms with Crippen LogP contribution in [0.3, 0.4) is 0 Å². The Balaban J connectivity index is 1.33. The fourth-order valence-electron chi connectivity index (χ4n) is 4.73. The molecule has 0 radical (unpaired) electrons. The Kier molecular flexibility index (Phi) is 8.17. The number of nitrogens with zero attached hydrogens (tertiary/aromatic N) is 2. The number of anilines is 2. The summed E-state index contributed by atoms with van der Waals surface area (Å²) in [5, 5.41) is 6.03. The minimum atomic E-state index is -0.212. The molecule has 4 rings (SSSR count). The molecular weight excluding hydrogens is 446 g/mol. The van der Waals surface area contributed by atoms with Gasteiger partial charge in [0.1, 0.15) is 0 Å². The molecule has 0 unspecified atom stereocenters. The molecule has 1 aromatic heterocycles. The molecule has 9 nitrogen and oxygen atoms in total. The Morgan fingerprint density at radius 2 is 1.89 bits per heavy atom. The third-order valence-corrected chi connectivity index (χ3v) is 6.83. The normalized spacial score (nSPS) is 16.7. The van der Waals surface area contributed by atoms with Crippen LogP contribution in [0.4, 0.5) is 11.6 Å². The number of hydrogen-bond donors (Lipinski definition) is 3. The van der Waals surface area contributed by atoms with Crippen LogP contribution < -0.4 is 21.1 Å². The van der Waals surface area contributed by atoms with Gasteiger partial charge in [0, 0.05) is 48.1 Å². The summed E-state index contributed by atoms with van der Waals surface area (Å²) in [7, 11) is 0. The highest BCUT2D eigenvalue weighted by atomic mass is 16.5. The van der Waals surface area contributed by atoms with Crippen molar-refractivity contribution in [2.45, 2.75) is 64.8 Å². The molecule has 2 fully saturated rings. The van der Waals surface area contributed by atoms with Crippen LogP contribution >= 0.6 is 0 Å². The fourth-order valence-corrected chi connectivity index (χ4v) is 4.73. The molecule has 1 aliphatic heterocycles. The highest BCUT2D eigenvalue weighted by Gasteiger charge is 2.19. The van der Waals surface area contributed by atoms with Gasteiger partial charge in [-0.1, -0.05) is 19.3 Å². The lowest BCUT2D eigenvalue weighted by Gasteiger charge is -2.27. The summed E-state index contributed by atoms with van der Waals surface area (Å²) < 4.78 is 5.35. The van der Waals surface area contributed by atoms with Gasteiger partial charge in [0.05, 0.1) is 13.2 Å². The van der Waals surface area contributed by atoms with Crippen molar-refractivity contribution in [1.29, 1.82) is 0 Å². The Bertz CT molecular complexity index is 1120. The average Bonchev–Trinajstić information content (AvgIpc) is 2.85. The van der Waals surface area contributed by atoms with E-state index in [2.05, 4.69) is 20.6 Å². The van der Waals surface area contributed by atoms with Crippen molar-refractivity contribution in [3.8, 4) is 0 Å².